The molecule has 0 saturated heterocycles. The van der Waals surface area contributed by atoms with E-state index >= 15 is 0 Å². The van der Waals surface area contributed by atoms with Crippen molar-refractivity contribution < 1.29 is 0 Å². The standard InChI is InChI=1S/C13H8Cl3N3/c1-7-4-10(19-3-2-17-6-19)8-5-9(14)11(15)12(16)13(8)18-7/h2-6H,1H3. The topological polar surface area (TPSA) is 30.7 Å². The highest BCUT2D eigenvalue weighted by Gasteiger charge is 2.14. The van der Waals surface area contributed by atoms with E-state index in [0.717, 1.165) is 16.8 Å². The number of nitrogens with zero attached hydrogens (tertiary/aromatic N) is 3. The smallest absolute Gasteiger partial charge is 0.0991 e. The molecule has 3 aromatic rings. The minimum absolute atomic E-state index is 0.325. The summed E-state index contributed by atoms with van der Waals surface area (Å²) in [5, 5.41) is 1.94. The van der Waals surface area contributed by atoms with Gasteiger partial charge in [-0.25, -0.2) is 4.98 Å². The molecule has 3 nitrogen and oxygen atoms in total. The molecule has 0 saturated carbocycles. The Morgan fingerprint density at radius 2 is 1.89 bits per heavy atom. The van der Waals surface area contributed by atoms with Gasteiger partial charge in [-0.05, 0) is 19.1 Å². The number of benzene rings is 1. The number of hydrogen-bond donors (Lipinski definition) is 0. The predicted molar refractivity (Wildman–Crippen MR) is 78.6 cm³/mol. The summed E-state index contributed by atoms with van der Waals surface area (Å²) < 4.78 is 1.89. The minimum Gasteiger partial charge on any atom is -0.306 e. The van der Waals surface area contributed by atoms with Crippen molar-refractivity contribution in [2.24, 2.45) is 0 Å². The van der Waals surface area contributed by atoms with Gasteiger partial charge in [-0.15, -0.1) is 0 Å². The molecule has 96 valence electrons. The summed E-state index contributed by atoms with van der Waals surface area (Å²) in [6.07, 6.45) is 5.27. The summed E-state index contributed by atoms with van der Waals surface area (Å²) in [7, 11) is 0. The van der Waals surface area contributed by atoms with Crippen LogP contribution in [0.3, 0.4) is 0 Å². The third kappa shape index (κ3) is 2.08. The highest BCUT2D eigenvalue weighted by atomic mass is 35.5. The van der Waals surface area contributed by atoms with Crippen LogP contribution in [0.15, 0.2) is 30.9 Å². The summed E-state index contributed by atoms with van der Waals surface area (Å²) >= 11 is 18.4. The molecule has 0 aliphatic carbocycles. The van der Waals surface area contributed by atoms with E-state index in [1.54, 1.807) is 18.6 Å². The zero-order valence-corrected chi connectivity index (χ0v) is 12.1. The maximum atomic E-state index is 6.23. The summed E-state index contributed by atoms with van der Waals surface area (Å²) in [6.45, 7) is 1.90. The van der Waals surface area contributed by atoms with Gasteiger partial charge in [0.1, 0.15) is 0 Å². The van der Waals surface area contributed by atoms with Crippen molar-refractivity contribution in [1.29, 1.82) is 0 Å². The quantitative estimate of drug-likeness (QED) is 0.610. The molecule has 0 spiro atoms. The van der Waals surface area contributed by atoms with E-state index < -0.39 is 0 Å². The number of rotatable bonds is 1. The Morgan fingerprint density at radius 3 is 2.58 bits per heavy atom. The molecular formula is C13H8Cl3N3. The van der Waals surface area contributed by atoms with Crippen molar-refractivity contribution in [1.82, 2.24) is 14.5 Å². The molecule has 3 rings (SSSR count). The first-order chi connectivity index (χ1) is 9.08. The van der Waals surface area contributed by atoms with Crippen LogP contribution in [-0.2, 0) is 0 Å². The number of halogens is 3. The molecule has 2 heterocycles. The molecule has 0 unspecified atom stereocenters. The first-order valence-electron chi connectivity index (χ1n) is 5.51. The van der Waals surface area contributed by atoms with Crippen LogP contribution >= 0.6 is 34.8 Å². The lowest BCUT2D eigenvalue weighted by Gasteiger charge is -2.11. The molecule has 0 radical (unpaired) electrons. The van der Waals surface area contributed by atoms with Crippen LogP contribution in [0.5, 0.6) is 0 Å². The number of hydrogen-bond acceptors (Lipinski definition) is 2. The summed E-state index contributed by atoms with van der Waals surface area (Å²) in [6, 6.07) is 3.72. The molecule has 19 heavy (non-hydrogen) atoms. The van der Waals surface area contributed by atoms with Gasteiger partial charge in [0, 0.05) is 23.5 Å². The van der Waals surface area contributed by atoms with E-state index in [1.165, 1.54) is 0 Å². The monoisotopic (exact) mass is 311 g/mol. The van der Waals surface area contributed by atoms with Gasteiger partial charge in [0.15, 0.2) is 0 Å². The van der Waals surface area contributed by atoms with Gasteiger partial charge in [0.2, 0.25) is 0 Å². The fourth-order valence-corrected chi connectivity index (χ4v) is 2.63. The lowest BCUT2D eigenvalue weighted by molar-refractivity contribution is 1.06. The Kier molecular flexibility index (Phi) is 3.13. The molecule has 0 fully saturated rings. The second-order valence-corrected chi connectivity index (χ2v) is 5.30. The number of aromatic nitrogens is 3. The third-order valence-electron chi connectivity index (χ3n) is 2.83. The second-order valence-electron chi connectivity index (χ2n) is 4.14. The van der Waals surface area contributed by atoms with Gasteiger partial charge in [-0.1, -0.05) is 34.8 Å². The lowest BCUT2D eigenvalue weighted by Crippen LogP contribution is -1.96. The van der Waals surface area contributed by atoms with E-state index in [0.29, 0.717) is 20.6 Å². The Bertz CT molecular complexity index is 767. The van der Waals surface area contributed by atoms with E-state index in [1.807, 2.05) is 23.8 Å². The van der Waals surface area contributed by atoms with E-state index in [2.05, 4.69) is 9.97 Å². The SMILES string of the molecule is Cc1cc(-n2ccnc2)c2cc(Cl)c(Cl)c(Cl)c2n1. The number of pyridine rings is 1. The average Bonchev–Trinajstić information content (AvgIpc) is 2.90. The average molecular weight is 313 g/mol. The Morgan fingerprint density at radius 1 is 1.11 bits per heavy atom. The molecule has 0 bridgehead atoms. The molecule has 0 aliphatic rings. The van der Waals surface area contributed by atoms with Crippen molar-refractivity contribution in [3.8, 4) is 5.69 Å². The maximum absolute atomic E-state index is 6.23. The summed E-state index contributed by atoms with van der Waals surface area (Å²) in [5.41, 5.74) is 2.40. The van der Waals surface area contributed by atoms with Crippen LogP contribution in [0.1, 0.15) is 5.69 Å². The zero-order valence-electron chi connectivity index (χ0n) is 9.86. The highest BCUT2D eigenvalue weighted by Crippen LogP contribution is 2.38. The summed E-state index contributed by atoms with van der Waals surface area (Å²) in [5.74, 6) is 0. The molecule has 2 aromatic heterocycles. The van der Waals surface area contributed by atoms with Crippen molar-refractivity contribution >= 4 is 45.7 Å². The second kappa shape index (κ2) is 4.67. The van der Waals surface area contributed by atoms with Crippen LogP contribution in [0, 0.1) is 6.92 Å². The van der Waals surface area contributed by atoms with Gasteiger partial charge in [-0.3, -0.25) is 4.98 Å². The third-order valence-corrected chi connectivity index (χ3v) is 4.08. The first kappa shape index (κ1) is 12.7. The minimum atomic E-state index is 0.325. The predicted octanol–water partition coefficient (Wildman–Crippen LogP) is 4.69. The van der Waals surface area contributed by atoms with Crippen molar-refractivity contribution in [3.63, 3.8) is 0 Å². The van der Waals surface area contributed by atoms with Gasteiger partial charge >= 0.3 is 0 Å². The number of fused-ring (bicyclic) bond motifs is 1. The van der Waals surface area contributed by atoms with Crippen LogP contribution in [0.2, 0.25) is 15.1 Å². The highest BCUT2D eigenvalue weighted by molar-refractivity contribution is 6.50. The molecular weight excluding hydrogens is 305 g/mol. The largest absolute Gasteiger partial charge is 0.306 e. The maximum Gasteiger partial charge on any atom is 0.0991 e. The fourth-order valence-electron chi connectivity index (χ4n) is 1.99. The Labute approximate surface area is 124 Å². The van der Waals surface area contributed by atoms with E-state index in [-0.39, 0.29) is 0 Å². The lowest BCUT2D eigenvalue weighted by atomic mass is 10.1. The Hall–Kier alpha value is -1.29. The number of aryl methyl sites for hydroxylation is 1. The first-order valence-corrected chi connectivity index (χ1v) is 6.64. The van der Waals surface area contributed by atoms with Crippen LogP contribution in [0.4, 0.5) is 0 Å². The van der Waals surface area contributed by atoms with E-state index in [9.17, 15) is 0 Å². The van der Waals surface area contributed by atoms with Crippen molar-refractivity contribution in [2.45, 2.75) is 6.92 Å². The van der Waals surface area contributed by atoms with Crippen LogP contribution < -0.4 is 0 Å². The summed E-state index contributed by atoms with van der Waals surface area (Å²) in [4.78, 5) is 8.49. The molecule has 6 heteroatoms. The van der Waals surface area contributed by atoms with Crippen LogP contribution in [0.25, 0.3) is 16.6 Å². The van der Waals surface area contributed by atoms with Gasteiger partial charge < -0.3 is 4.57 Å². The van der Waals surface area contributed by atoms with Crippen LogP contribution in [-0.4, -0.2) is 14.5 Å². The van der Waals surface area contributed by atoms with Crippen molar-refractivity contribution in [2.75, 3.05) is 0 Å². The fraction of sp³-hybridized carbons (Fsp3) is 0.0769. The molecule has 0 N–H and O–H groups in total. The molecule has 0 atom stereocenters. The normalized spacial score (nSPS) is 11.2. The van der Waals surface area contributed by atoms with Gasteiger partial charge in [0.05, 0.1) is 32.6 Å². The van der Waals surface area contributed by atoms with Crippen molar-refractivity contribution in [3.05, 3.63) is 51.6 Å². The van der Waals surface area contributed by atoms with Gasteiger partial charge in [-0.2, -0.15) is 0 Å². The zero-order chi connectivity index (χ0) is 13.6. The molecule has 0 amide bonds. The number of imidazole rings is 1. The van der Waals surface area contributed by atoms with E-state index in [4.69, 9.17) is 34.8 Å². The van der Waals surface area contributed by atoms with Gasteiger partial charge in [0.25, 0.3) is 0 Å². The Balaban J connectivity index is 2.46. The molecule has 0 aliphatic heterocycles. The molecule has 1 aromatic carbocycles.